The molecular formula is C17H22N6O2S. The number of carbonyl (C=O) groups excluding carboxylic acids is 2. The van der Waals surface area contributed by atoms with Gasteiger partial charge in [0.05, 0.1) is 30.9 Å². The first-order valence-corrected chi connectivity index (χ1v) is 9.68. The second kappa shape index (κ2) is 6.71. The molecule has 2 aliphatic heterocycles. The van der Waals surface area contributed by atoms with Gasteiger partial charge in [-0.2, -0.15) is 5.10 Å². The summed E-state index contributed by atoms with van der Waals surface area (Å²) in [5.74, 6) is 0.0506. The Hall–Kier alpha value is -2.42. The second-order valence-corrected chi connectivity index (χ2v) is 7.91. The number of hydrogen-bond acceptors (Lipinski definition) is 6. The lowest BCUT2D eigenvalue weighted by molar-refractivity contribution is -0.131. The molecule has 2 aromatic heterocycles. The molecule has 2 amide bonds. The molecule has 2 aliphatic rings. The molecule has 9 heteroatoms. The van der Waals surface area contributed by atoms with Crippen molar-refractivity contribution in [2.24, 2.45) is 0 Å². The molecule has 0 atom stereocenters. The second-order valence-electron chi connectivity index (χ2n) is 6.80. The molecule has 1 saturated heterocycles. The molecule has 0 radical (unpaired) electrons. The van der Waals surface area contributed by atoms with E-state index >= 15 is 0 Å². The van der Waals surface area contributed by atoms with Gasteiger partial charge in [0.2, 0.25) is 5.91 Å². The Balaban J connectivity index is 1.45. The predicted octanol–water partition coefficient (Wildman–Crippen LogP) is 1.05. The van der Waals surface area contributed by atoms with Crippen molar-refractivity contribution in [1.82, 2.24) is 24.6 Å². The number of fused-ring (bicyclic) bond motifs is 1. The summed E-state index contributed by atoms with van der Waals surface area (Å²) in [5, 5.41) is 4.95. The average molecular weight is 374 g/mol. The molecule has 1 fully saturated rings. The molecule has 0 aromatic carbocycles. The van der Waals surface area contributed by atoms with E-state index in [0.29, 0.717) is 36.9 Å². The van der Waals surface area contributed by atoms with E-state index in [4.69, 9.17) is 5.73 Å². The van der Waals surface area contributed by atoms with Crippen molar-refractivity contribution < 1.29 is 9.59 Å². The quantitative estimate of drug-likeness (QED) is 0.866. The fourth-order valence-corrected chi connectivity index (χ4v) is 4.35. The summed E-state index contributed by atoms with van der Waals surface area (Å²) in [4.78, 5) is 33.9. The normalized spacial score (nSPS) is 16.8. The highest BCUT2D eigenvalue weighted by Crippen LogP contribution is 2.22. The Kier molecular flexibility index (Phi) is 4.39. The first-order chi connectivity index (χ1) is 12.5. The number of aromatic nitrogens is 3. The maximum absolute atomic E-state index is 12.6. The summed E-state index contributed by atoms with van der Waals surface area (Å²) < 4.78 is 1.85. The Morgan fingerprint density at radius 1 is 1.19 bits per heavy atom. The van der Waals surface area contributed by atoms with Gasteiger partial charge in [-0.1, -0.05) is 0 Å². The SMILES string of the molecule is Cc1nc(N)sc1CC(=O)N1CCn2nc(C(=O)N3CCCC3)cc2C1. The molecule has 2 aromatic rings. The average Bonchev–Trinajstić information content (AvgIpc) is 3.34. The molecule has 0 spiro atoms. The van der Waals surface area contributed by atoms with Crippen molar-refractivity contribution in [2.45, 2.75) is 39.3 Å². The number of nitrogen functional groups attached to an aromatic ring is 1. The highest BCUT2D eigenvalue weighted by molar-refractivity contribution is 7.15. The number of likely N-dealkylation sites (tertiary alicyclic amines) is 1. The summed E-state index contributed by atoms with van der Waals surface area (Å²) in [5.41, 5.74) is 7.93. The Labute approximate surface area is 155 Å². The van der Waals surface area contributed by atoms with E-state index in [2.05, 4.69) is 10.1 Å². The third-order valence-electron chi connectivity index (χ3n) is 4.98. The number of thiazole rings is 1. The lowest BCUT2D eigenvalue weighted by Crippen LogP contribution is -2.39. The van der Waals surface area contributed by atoms with Gasteiger partial charge in [-0.15, -0.1) is 11.3 Å². The van der Waals surface area contributed by atoms with Crippen LogP contribution in [-0.2, 0) is 24.3 Å². The van der Waals surface area contributed by atoms with E-state index in [9.17, 15) is 9.59 Å². The van der Waals surface area contributed by atoms with Crippen LogP contribution in [0.4, 0.5) is 5.13 Å². The van der Waals surface area contributed by atoms with E-state index in [1.807, 2.05) is 27.5 Å². The van der Waals surface area contributed by atoms with E-state index < -0.39 is 0 Å². The minimum absolute atomic E-state index is 0.00182. The van der Waals surface area contributed by atoms with Gasteiger partial charge in [-0.05, 0) is 25.8 Å². The summed E-state index contributed by atoms with van der Waals surface area (Å²) >= 11 is 1.37. The fourth-order valence-electron chi connectivity index (χ4n) is 3.53. The van der Waals surface area contributed by atoms with Gasteiger partial charge in [0.15, 0.2) is 10.8 Å². The minimum Gasteiger partial charge on any atom is -0.375 e. The minimum atomic E-state index is -0.00182. The first kappa shape index (κ1) is 17.0. The number of aryl methyl sites for hydroxylation is 1. The van der Waals surface area contributed by atoms with Gasteiger partial charge in [-0.25, -0.2) is 4.98 Å². The van der Waals surface area contributed by atoms with Crippen LogP contribution in [0.15, 0.2) is 6.07 Å². The number of nitrogens with two attached hydrogens (primary N) is 1. The van der Waals surface area contributed by atoms with Crippen LogP contribution in [0.1, 0.15) is 39.6 Å². The van der Waals surface area contributed by atoms with Gasteiger partial charge in [0.25, 0.3) is 5.91 Å². The van der Waals surface area contributed by atoms with Crippen LogP contribution in [0.2, 0.25) is 0 Å². The number of hydrogen-bond donors (Lipinski definition) is 1. The number of anilines is 1. The lowest BCUT2D eigenvalue weighted by atomic mass is 10.2. The molecule has 26 heavy (non-hydrogen) atoms. The highest BCUT2D eigenvalue weighted by Gasteiger charge is 2.27. The molecular weight excluding hydrogens is 352 g/mol. The summed E-state index contributed by atoms with van der Waals surface area (Å²) in [6.45, 7) is 5.17. The molecule has 0 bridgehead atoms. The fraction of sp³-hybridized carbons (Fsp3) is 0.529. The zero-order chi connectivity index (χ0) is 18.3. The summed E-state index contributed by atoms with van der Waals surface area (Å²) in [6, 6.07) is 1.83. The van der Waals surface area contributed by atoms with E-state index in [-0.39, 0.29) is 11.8 Å². The molecule has 138 valence electrons. The highest BCUT2D eigenvalue weighted by atomic mass is 32.1. The van der Waals surface area contributed by atoms with Crippen LogP contribution in [0.5, 0.6) is 0 Å². The van der Waals surface area contributed by atoms with Gasteiger partial charge < -0.3 is 15.5 Å². The van der Waals surface area contributed by atoms with Crippen LogP contribution in [0.25, 0.3) is 0 Å². The number of carbonyl (C=O) groups is 2. The molecule has 4 rings (SSSR count). The Bertz CT molecular complexity index is 852. The monoisotopic (exact) mass is 374 g/mol. The largest absolute Gasteiger partial charge is 0.375 e. The van der Waals surface area contributed by atoms with Crippen LogP contribution in [0, 0.1) is 6.92 Å². The first-order valence-electron chi connectivity index (χ1n) is 8.87. The number of nitrogens with zero attached hydrogens (tertiary/aromatic N) is 5. The van der Waals surface area contributed by atoms with E-state index in [0.717, 1.165) is 42.2 Å². The third-order valence-corrected chi connectivity index (χ3v) is 5.97. The zero-order valence-corrected chi connectivity index (χ0v) is 15.6. The topological polar surface area (TPSA) is 97.4 Å². The summed E-state index contributed by atoms with van der Waals surface area (Å²) in [7, 11) is 0. The zero-order valence-electron chi connectivity index (χ0n) is 14.8. The van der Waals surface area contributed by atoms with Gasteiger partial charge >= 0.3 is 0 Å². The van der Waals surface area contributed by atoms with E-state index in [1.54, 1.807) is 0 Å². The lowest BCUT2D eigenvalue weighted by Gasteiger charge is -2.27. The maximum atomic E-state index is 12.6. The van der Waals surface area contributed by atoms with Gasteiger partial charge in [-0.3, -0.25) is 14.3 Å². The Morgan fingerprint density at radius 3 is 2.65 bits per heavy atom. The van der Waals surface area contributed by atoms with Gasteiger partial charge in [0, 0.05) is 24.5 Å². The Morgan fingerprint density at radius 2 is 1.96 bits per heavy atom. The molecule has 2 N–H and O–H groups in total. The molecule has 4 heterocycles. The number of rotatable bonds is 3. The van der Waals surface area contributed by atoms with Crippen molar-refractivity contribution >= 4 is 28.3 Å². The molecule has 0 saturated carbocycles. The number of amides is 2. The van der Waals surface area contributed by atoms with Crippen molar-refractivity contribution in [2.75, 3.05) is 25.4 Å². The third kappa shape index (κ3) is 3.18. The summed E-state index contributed by atoms with van der Waals surface area (Å²) in [6.07, 6.45) is 2.43. The maximum Gasteiger partial charge on any atom is 0.274 e. The molecule has 8 nitrogen and oxygen atoms in total. The van der Waals surface area contributed by atoms with Crippen LogP contribution < -0.4 is 5.73 Å². The van der Waals surface area contributed by atoms with Crippen LogP contribution >= 0.6 is 11.3 Å². The predicted molar refractivity (Wildman–Crippen MR) is 97.7 cm³/mol. The van der Waals surface area contributed by atoms with Gasteiger partial charge in [0.1, 0.15) is 0 Å². The van der Waals surface area contributed by atoms with Crippen LogP contribution in [-0.4, -0.2) is 56.0 Å². The smallest absolute Gasteiger partial charge is 0.274 e. The standard InChI is InChI=1S/C17H22N6O2S/c1-11-14(26-17(18)19-11)9-15(24)22-6-7-23-12(10-22)8-13(20-23)16(25)21-4-2-3-5-21/h8H,2-7,9-10H2,1H3,(H2,18,19). The van der Waals surface area contributed by atoms with Crippen molar-refractivity contribution in [1.29, 1.82) is 0 Å². The van der Waals surface area contributed by atoms with E-state index in [1.165, 1.54) is 11.3 Å². The van der Waals surface area contributed by atoms with Crippen molar-refractivity contribution in [3.8, 4) is 0 Å². The van der Waals surface area contributed by atoms with Crippen molar-refractivity contribution in [3.05, 3.63) is 28.0 Å². The molecule has 0 unspecified atom stereocenters. The van der Waals surface area contributed by atoms with Crippen molar-refractivity contribution in [3.63, 3.8) is 0 Å². The van der Waals surface area contributed by atoms with Crippen LogP contribution in [0.3, 0.4) is 0 Å². The molecule has 0 aliphatic carbocycles.